The second kappa shape index (κ2) is 9.45. The fourth-order valence-corrected chi connectivity index (χ4v) is 3.30. The zero-order valence-electron chi connectivity index (χ0n) is 14.2. The predicted octanol–water partition coefficient (Wildman–Crippen LogP) is 3.82. The van der Waals surface area contributed by atoms with Crippen molar-refractivity contribution in [2.75, 3.05) is 13.2 Å². The lowest BCUT2D eigenvalue weighted by Gasteiger charge is -2.15. The van der Waals surface area contributed by atoms with Gasteiger partial charge in [0.05, 0.1) is 6.10 Å². The summed E-state index contributed by atoms with van der Waals surface area (Å²) in [5.41, 5.74) is 1.86. The van der Waals surface area contributed by atoms with Crippen LogP contribution in [-0.4, -0.2) is 30.3 Å². The van der Waals surface area contributed by atoms with E-state index in [4.69, 9.17) is 4.74 Å². The number of aliphatic hydroxyl groups is 1. The number of carbonyl (C=O) groups is 1. The number of aliphatic hydroxyl groups excluding tert-OH is 1. The van der Waals surface area contributed by atoms with Gasteiger partial charge in [0, 0.05) is 18.7 Å². The molecule has 0 bridgehead atoms. The van der Waals surface area contributed by atoms with Crippen molar-refractivity contribution in [3.63, 3.8) is 0 Å². The van der Waals surface area contributed by atoms with Gasteiger partial charge in [-0.15, -0.1) is 0 Å². The van der Waals surface area contributed by atoms with Crippen molar-refractivity contribution < 1.29 is 14.6 Å². The lowest BCUT2D eigenvalue weighted by Crippen LogP contribution is -2.25. The third-order valence-corrected chi connectivity index (χ3v) is 4.46. The Labute approximate surface area is 147 Å². The highest BCUT2D eigenvalue weighted by molar-refractivity contribution is 7.07. The first-order valence-corrected chi connectivity index (χ1v) is 9.22. The SMILES string of the molecule is CC(C)Oc1ccc(C(=O)NCC[C@H](CCO)c2ccsc2)cc1. The molecule has 0 radical (unpaired) electrons. The Morgan fingerprint density at radius 1 is 1.21 bits per heavy atom. The molecule has 0 fully saturated rings. The Hall–Kier alpha value is -1.85. The molecule has 0 spiro atoms. The van der Waals surface area contributed by atoms with Crippen LogP contribution in [0.2, 0.25) is 0 Å². The highest BCUT2D eigenvalue weighted by atomic mass is 32.1. The number of ether oxygens (including phenoxy) is 1. The molecule has 2 N–H and O–H groups in total. The Morgan fingerprint density at radius 2 is 1.96 bits per heavy atom. The molecule has 24 heavy (non-hydrogen) atoms. The second-order valence-corrected chi connectivity index (χ2v) is 6.78. The largest absolute Gasteiger partial charge is 0.491 e. The zero-order chi connectivity index (χ0) is 17.4. The molecule has 0 unspecified atom stereocenters. The van der Waals surface area contributed by atoms with Gasteiger partial charge in [0.2, 0.25) is 0 Å². The molecule has 1 aromatic heterocycles. The summed E-state index contributed by atoms with van der Waals surface area (Å²) in [7, 11) is 0. The van der Waals surface area contributed by atoms with Crippen LogP contribution in [0.15, 0.2) is 41.1 Å². The predicted molar refractivity (Wildman–Crippen MR) is 97.9 cm³/mol. The minimum Gasteiger partial charge on any atom is -0.491 e. The van der Waals surface area contributed by atoms with Gasteiger partial charge in [0.25, 0.3) is 5.91 Å². The van der Waals surface area contributed by atoms with Crippen LogP contribution in [0.5, 0.6) is 5.75 Å². The summed E-state index contributed by atoms with van der Waals surface area (Å²) in [6.45, 7) is 4.68. The minimum atomic E-state index is -0.0841. The Kier molecular flexibility index (Phi) is 7.28. The average Bonchev–Trinajstić information content (AvgIpc) is 3.08. The van der Waals surface area contributed by atoms with Gasteiger partial charge in [-0.2, -0.15) is 11.3 Å². The van der Waals surface area contributed by atoms with Gasteiger partial charge in [-0.25, -0.2) is 0 Å². The molecule has 130 valence electrons. The fraction of sp³-hybridized carbons (Fsp3) is 0.421. The second-order valence-electron chi connectivity index (χ2n) is 6.00. The number of rotatable bonds is 9. The van der Waals surface area contributed by atoms with Gasteiger partial charge < -0.3 is 15.2 Å². The summed E-state index contributed by atoms with van der Waals surface area (Å²) < 4.78 is 5.58. The molecule has 1 amide bonds. The molecule has 2 rings (SSSR count). The first kappa shape index (κ1) is 18.5. The number of carbonyl (C=O) groups excluding carboxylic acids is 1. The molecule has 4 nitrogen and oxygen atoms in total. The Bertz CT molecular complexity index is 608. The highest BCUT2D eigenvalue weighted by Gasteiger charge is 2.12. The van der Waals surface area contributed by atoms with Crippen LogP contribution in [0.4, 0.5) is 0 Å². The van der Waals surface area contributed by atoms with Crippen molar-refractivity contribution in [2.45, 2.75) is 38.7 Å². The third-order valence-electron chi connectivity index (χ3n) is 3.76. The van der Waals surface area contributed by atoms with Gasteiger partial charge in [-0.3, -0.25) is 4.79 Å². The molecule has 0 saturated heterocycles. The maximum absolute atomic E-state index is 12.2. The van der Waals surface area contributed by atoms with E-state index in [-0.39, 0.29) is 24.5 Å². The zero-order valence-corrected chi connectivity index (χ0v) is 15.0. The molecular weight excluding hydrogens is 322 g/mol. The third kappa shape index (κ3) is 5.65. The van der Waals surface area contributed by atoms with E-state index in [1.54, 1.807) is 23.5 Å². The molecule has 0 aliphatic rings. The molecule has 1 heterocycles. The lowest BCUT2D eigenvalue weighted by molar-refractivity contribution is 0.0952. The van der Waals surface area contributed by atoms with Gasteiger partial charge in [0.1, 0.15) is 5.75 Å². The van der Waals surface area contributed by atoms with Crippen LogP contribution in [-0.2, 0) is 0 Å². The van der Waals surface area contributed by atoms with Crippen LogP contribution in [0.1, 0.15) is 48.5 Å². The highest BCUT2D eigenvalue weighted by Crippen LogP contribution is 2.24. The van der Waals surface area contributed by atoms with E-state index < -0.39 is 0 Å². The van der Waals surface area contributed by atoms with Crippen LogP contribution >= 0.6 is 11.3 Å². The summed E-state index contributed by atoms with van der Waals surface area (Å²) in [4.78, 5) is 12.2. The number of hydrogen-bond acceptors (Lipinski definition) is 4. The quantitative estimate of drug-likeness (QED) is 0.725. The normalized spacial score (nSPS) is 12.2. The van der Waals surface area contributed by atoms with E-state index in [1.807, 2.05) is 31.4 Å². The monoisotopic (exact) mass is 347 g/mol. The van der Waals surface area contributed by atoms with Crippen molar-refractivity contribution >= 4 is 17.2 Å². The number of amides is 1. The van der Waals surface area contributed by atoms with E-state index in [2.05, 4.69) is 16.8 Å². The van der Waals surface area contributed by atoms with E-state index in [1.165, 1.54) is 5.56 Å². The van der Waals surface area contributed by atoms with Crippen LogP contribution < -0.4 is 10.1 Å². The summed E-state index contributed by atoms with van der Waals surface area (Å²) in [5.74, 6) is 0.963. The topological polar surface area (TPSA) is 58.6 Å². The van der Waals surface area contributed by atoms with Crippen LogP contribution in [0.3, 0.4) is 0 Å². The van der Waals surface area contributed by atoms with Crippen molar-refractivity contribution in [3.05, 3.63) is 52.2 Å². The van der Waals surface area contributed by atoms with Gasteiger partial charge in [-0.05, 0) is 79.3 Å². The average molecular weight is 347 g/mol. The first-order valence-electron chi connectivity index (χ1n) is 8.28. The smallest absolute Gasteiger partial charge is 0.251 e. The Morgan fingerprint density at radius 3 is 2.54 bits per heavy atom. The maximum Gasteiger partial charge on any atom is 0.251 e. The number of thiophene rings is 1. The van der Waals surface area contributed by atoms with E-state index >= 15 is 0 Å². The van der Waals surface area contributed by atoms with Gasteiger partial charge in [0.15, 0.2) is 0 Å². The molecule has 5 heteroatoms. The first-order chi connectivity index (χ1) is 11.6. The maximum atomic E-state index is 12.2. The molecule has 0 saturated carbocycles. The van der Waals surface area contributed by atoms with Crippen LogP contribution in [0.25, 0.3) is 0 Å². The Balaban J connectivity index is 1.83. The summed E-state index contributed by atoms with van der Waals surface area (Å²) >= 11 is 1.65. The summed E-state index contributed by atoms with van der Waals surface area (Å²) in [6, 6.07) is 9.26. The van der Waals surface area contributed by atoms with Crippen molar-refractivity contribution in [3.8, 4) is 5.75 Å². The van der Waals surface area contributed by atoms with E-state index in [9.17, 15) is 9.90 Å². The van der Waals surface area contributed by atoms with Crippen LogP contribution in [0, 0.1) is 0 Å². The van der Waals surface area contributed by atoms with Crippen molar-refractivity contribution in [1.82, 2.24) is 5.32 Å². The molecule has 0 aliphatic carbocycles. The van der Waals surface area contributed by atoms with E-state index in [0.29, 0.717) is 18.5 Å². The molecule has 1 atom stereocenters. The van der Waals surface area contributed by atoms with E-state index in [0.717, 1.165) is 12.2 Å². The molecule has 1 aromatic carbocycles. The summed E-state index contributed by atoms with van der Waals surface area (Å²) in [6.07, 6.45) is 1.65. The number of nitrogens with one attached hydrogen (secondary N) is 1. The number of benzene rings is 1. The van der Waals surface area contributed by atoms with Gasteiger partial charge >= 0.3 is 0 Å². The molecule has 2 aromatic rings. The fourth-order valence-electron chi connectivity index (χ4n) is 2.56. The number of hydrogen-bond donors (Lipinski definition) is 2. The lowest BCUT2D eigenvalue weighted by atomic mass is 9.95. The van der Waals surface area contributed by atoms with Crippen molar-refractivity contribution in [1.29, 1.82) is 0 Å². The minimum absolute atomic E-state index is 0.0841. The van der Waals surface area contributed by atoms with Gasteiger partial charge in [-0.1, -0.05) is 0 Å². The molecule has 0 aliphatic heterocycles. The standard InChI is InChI=1S/C19H25NO3S/c1-14(2)23-18-5-3-16(4-6-18)19(22)20-10-7-15(8-11-21)17-9-12-24-13-17/h3-6,9,12-15,21H,7-8,10-11H2,1-2H3,(H,20,22)/t15-/m1/s1. The molecular formula is C19H25NO3S. The van der Waals surface area contributed by atoms with Crippen molar-refractivity contribution in [2.24, 2.45) is 0 Å². The summed E-state index contributed by atoms with van der Waals surface area (Å²) in [5, 5.41) is 16.3.